The maximum atomic E-state index is 11.7. The van der Waals surface area contributed by atoms with Crippen LogP contribution in [0.15, 0.2) is 26.3 Å². The highest BCUT2D eigenvalue weighted by Crippen LogP contribution is 2.41. The van der Waals surface area contributed by atoms with E-state index in [-0.39, 0.29) is 21.4 Å². The molecule has 0 spiro atoms. The third-order valence-electron chi connectivity index (χ3n) is 6.63. The lowest BCUT2D eigenvalue weighted by molar-refractivity contribution is 0.152. The third kappa shape index (κ3) is 7.24. The van der Waals surface area contributed by atoms with Crippen molar-refractivity contribution < 1.29 is 17.9 Å². The van der Waals surface area contributed by atoms with E-state index < -0.39 is 15.8 Å². The van der Waals surface area contributed by atoms with Crippen LogP contribution in [0.2, 0.25) is 0 Å². The standard InChI is InChI=1S/C24H37N7O4S3/c1-24(2,3)20(16-13-17(35-14-16)7-5-6-8-31-11-9-30(4)10-12-31)27-22-21(28-37-29-22)26-18-15-36-23(19(18)32)38(25,33)34/h13-15,20,32H,5-12H2,1-4H3,(H,26,28)(H,27,29)(H2,25,33,34)/t20-/m0/s1. The molecule has 4 rings (SSSR count). The largest absolute Gasteiger partial charge is 0.504 e. The van der Waals surface area contributed by atoms with Crippen LogP contribution in [0.4, 0.5) is 17.3 Å². The third-order valence-corrected chi connectivity index (χ3v) is 9.62. The summed E-state index contributed by atoms with van der Waals surface area (Å²) in [5.41, 5.74) is 1.03. The number of hydrogen-bond donors (Lipinski definition) is 4. The lowest BCUT2D eigenvalue weighted by Gasteiger charge is -2.32. The molecular weight excluding hydrogens is 547 g/mol. The molecule has 38 heavy (non-hydrogen) atoms. The van der Waals surface area contributed by atoms with Gasteiger partial charge in [-0.25, -0.2) is 13.6 Å². The first-order chi connectivity index (χ1) is 17.9. The van der Waals surface area contributed by atoms with Gasteiger partial charge in [-0.2, -0.15) is 8.75 Å². The minimum atomic E-state index is -4.03. The highest BCUT2D eigenvalue weighted by atomic mass is 32.2. The van der Waals surface area contributed by atoms with E-state index in [0.717, 1.165) is 86.4 Å². The number of aromatic hydroxyl groups is 1. The number of nitrogens with zero attached hydrogens (tertiary/aromatic N) is 4. The maximum absolute atomic E-state index is 11.7. The van der Waals surface area contributed by atoms with Gasteiger partial charge in [-0.15, -0.1) is 11.3 Å². The zero-order valence-corrected chi connectivity index (χ0v) is 24.7. The summed E-state index contributed by atoms with van der Waals surface area (Å²) in [4.78, 5) is 4.91. The van der Waals surface area contributed by atoms with Crippen molar-refractivity contribution in [1.29, 1.82) is 0 Å². The van der Waals surface area contributed by atoms with Crippen molar-refractivity contribution in [2.24, 2.45) is 10.6 Å². The molecule has 0 radical (unpaired) electrons. The van der Waals surface area contributed by atoms with Crippen LogP contribution in [0, 0.1) is 5.41 Å². The molecule has 5 N–H and O–H groups in total. The summed E-state index contributed by atoms with van der Waals surface area (Å²) in [6.45, 7) is 12.1. The van der Waals surface area contributed by atoms with Crippen LogP contribution in [-0.2, 0) is 16.4 Å². The van der Waals surface area contributed by atoms with Crippen LogP contribution in [0.5, 0.6) is 5.75 Å². The van der Waals surface area contributed by atoms with E-state index in [2.05, 4.69) is 63.1 Å². The molecule has 11 nitrogen and oxygen atoms in total. The van der Waals surface area contributed by atoms with Crippen molar-refractivity contribution in [2.75, 3.05) is 50.4 Å². The van der Waals surface area contributed by atoms with Crippen molar-refractivity contribution in [3.05, 3.63) is 29.0 Å². The minimum Gasteiger partial charge on any atom is -0.504 e. The normalized spacial score (nSPS) is 16.6. The summed E-state index contributed by atoms with van der Waals surface area (Å²) in [7, 11) is -1.85. The van der Waals surface area contributed by atoms with Gasteiger partial charge in [0, 0.05) is 43.5 Å². The molecule has 0 aromatic carbocycles. The average Bonchev–Trinajstić information content (AvgIpc) is 3.56. The zero-order chi connectivity index (χ0) is 27.5. The van der Waals surface area contributed by atoms with Gasteiger partial charge in [0.2, 0.25) is 0 Å². The number of piperazine rings is 1. The van der Waals surface area contributed by atoms with Crippen molar-refractivity contribution >= 4 is 50.4 Å². The number of primary sulfonamides is 1. The maximum Gasteiger partial charge on any atom is 0.251 e. The quantitative estimate of drug-likeness (QED) is 0.243. The molecule has 0 aliphatic carbocycles. The topological polar surface area (TPSA) is 150 Å². The van der Waals surface area contributed by atoms with Gasteiger partial charge >= 0.3 is 0 Å². The number of sulfonamides is 1. The molecule has 1 aliphatic heterocycles. The molecule has 0 bridgehead atoms. The van der Waals surface area contributed by atoms with E-state index in [1.807, 2.05) is 0 Å². The Morgan fingerprint density at radius 3 is 2.55 bits per heavy atom. The van der Waals surface area contributed by atoms with Gasteiger partial charge in [0.1, 0.15) is 5.76 Å². The lowest BCUT2D eigenvalue weighted by Crippen LogP contribution is -2.44. The van der Waals surface area contributed by atoms with Gasteiger partial charge in [-0.05, 0) is 37.9 Å². The van der Waals surface area contributed by atoms with Gasteiger partial charge in [-0.3, -0.25) is 0 Å². The number of nitrogens with two attached hydrogens (primary N) is 1. The monoisotopic (exact) mass is 583 g/mol. The fourth-order valence-electron chi connectivity index (χ4n) is 4.44. The van der Waals surface area contributed by atoms with Crippen LogP contribution >= 0.6 is 23.1 Å². The highest BCUT2D eigenvalue weighted by molar-refractivity contribution is 7.91. The molecule has 0 amide bonds. The van der Waals surface area contributed by atoms with Gasteiger partial charge in [-0.1, -0.05) is 20.8 Å². The summed E-state index contributed by atoms with van der Waals surface area (Å²) in [6.07, 6.45) is 4.90. The minimum absolute atomic E-state index is 0.133. The second-order valence-electron chi connectivity index (χ2n) is 10.8. The van der Waals surface area contributed by atoms with Crippen molar-refractivity contribution in [3.8, 4) is 5.75 Å². The molecule has 1 aliphatic rings. The first kappa shape index (κ1) is 28.8. The van der Waals surface area contributed by atoms with E-state index >= 15 is 0 Å². The number of anilines is 3. The van der Waals surface area contributed by atoms with Gasteiger partial charge < -0.3 is 30.0 Å². The van der Waals surface area contributed by atoms with Crippen molar-refractivity contribution in [2.45, 2.75) is 50.3 Å². The van der Waals surface area contributed by atoms with Crippen LogP contribution in [0.25, 0.3) is 0 Å². The second kappa shape index (κ2) is 11.9. The Kier molecular flexibility index (Phi) is 9.00. The molecule has 1 atom stereocenters. The number of aryl methyl sites for hydroxylation is 1. The number of furan rings is 1. The number of likely N-dealkylation sites (N-methyl/N-ethyl adjacent to an activating group) is 1. The molecule has 0 saturated carbocycles. The number of aromatic nitrogens is 2. The Balaban J connectivity index is 1.39. The van der Waals surface area contributed by atoms with E-state index in [1.54, 1.807) is 6.26 Å². The SMILES string of the molecule is CN1CCN(CCCCc2cc([C@H](Nc3nsnc3Nc3csc(S(N)(=O)=O)c3O)C(C)(C)C)co2)CC1. The second-order valence-corrected chi connectivity index (χ2v) is 14.0. The summed E-state index contributed by atoms with van der Waals surface area (Å²) < 4.78 is 37.6. The van der Waals surface area contributed by atoms with Gasteiger partial charge in [0.05, 0.1) is 29.7 Å². The molecule has 14 heteroatoms. The van der Waals surface area contributed by atoms with Crippen molar-refractivity contribution in [1.82, 2.24) is 18.5 Å². The zero-order valence-electron chi connectivity index (χ0n) is 22.2. The number of unbranched alkanes of at least 4 members (excludes halogenated alkanes) is 1. The lowest BCUT2D eigenvalue weighted by atomic mass is 9.83. The first-order valence-corrected chi connectivity index (χ1v) is 15.7. The van der Waals surface area contributed by atoms with Crippen molar-refractivity contribution in [3.63, 3.8) is 0 Å². The summed E-state index contributed by atoms with van der Waals surface area (Å²) in [6, 6.07) is 1.97. The predicted molar refractivity (Wildman–Crippen MR) is 152 cm³/mol. The fraction of sp³-hybridized carbons (Fsp3) is 0.583. The highest BCUT2D eigenvalue weighted by Gasteiger charge is 2.30. The number of rotatable bonds is 11. The van der Waals surface area contributed by atoms with Crippen LogP contribution < -0.4 is 15.8 Å². The Morgan fingerprint density at radius 1 is 1.18 bits per heavy atom. The fourth-order valence-corrected chi connectivity index (χ4v) is 6.59. The van der Waals surface area contributed by atoms with E-state index in [4.69, 9.17) is 9.56 Å². The summed E-state index contributed by atoms with van der Waals surface area (Å²) >= 11 is 1.84. The molecule has 3 aromatic heterocycles. The first-order valence-electron chi connectivity index (χ1n) is 12.6. The Morgan fingerprint density at radius 2 is 1.89 bits per heavy atom. The van der Waals surface area contributed by atoms with Crippen LogP contribution in [0.1, 0.15) is 51.0 Å². The smallest absolute Gasteiger partial charge is 0.251 e. The van der Waals surface area contributed by atoms with E-state index in [9.17, 15) is 13.5 Å². The number of hydrogen-bond acceptors (Lipinski definition) is 12. The van der Waals surface area contributed by atoms with Crippen LogP contribution in [0.3, 0.4) is 0 Å². The Bertz CT molecular complexity index is 1300. The Hall–Kier alpha value is -2.23. The van der Waals surface area contributed by atoms with Crippen LogP contribution in [-0.4, -0.2) is 71.8 Å². The Labute approximate surface area is 232 Å². The molecule has 210 valence electrons. The van der Waals surface area contributed by atoms with E-state index in [0.29, 0.717) is 11.6 Å². The van der Waals surface area contributed by atoms with E-state index in [1.165, 1.54) is 5.38 Å². The predicted octanol–water partition coefficient (Wildman–Crippen LogP) is 4.06. The molecular formula is C24H37N7O4S3. The molecule has 1 saturated heterocycles. The average molecular weight is 584 g/mol. The van der Waals surface area contributed by atoms with Gasteiger partial charge in [0.15, 0.2) is 21.6 Å². The summed E-state index contributed by atoms with van der Waals surface area (Å²) in [5, 5.41) is 23.4. The molecule has 4 heterocycles. The van der Waals surface area contributed by atoms with Gasteiger partial charge in [0.25, 0.3) is 10.0 Å². The molecule has 1 fully saturated rings. The molecule has 0 unspecified atom stereocenters. The molecule has 3 aromatic rings. The number of nitrogens with one attached hydrogen (secondary N) is 2. The number of thiophene rings is 1. The summed E-state index contributed by atoms with van der Waals surface area (Å²) in [5.74, 6) is 1.40.